The summed E-state index contributed by atoms with van der Waals surface area (Å²) in [6.07, 6.45) is 8.11. The zero-order valence-electron chi connectivity index (χ0n) is 35.7. The van der Waals surface area contributed by atoms with E-state index >= 15 is 0 Å². The van der Waals surface area contributed by atoms with Gasteiger partial charge in [-0.3, -0.25) is 19.2 Å². The van der Waals surface area contributed by atoms with Crippen LogP contribution in [0.4, 0.5) is 0 Å². The van der Waals surface area contributed by atoms with Gasteiger partial charge in [-0.15, -0.1) is 0 Å². The van der Waals surface area contributed by atoms with E-state index in [1.165, 1.54) is 0 Å². The number of aliphatic hydroxyl groups is 1. The number of carbonyl (C=O) groups is 5. The number of ether oxygens (including phenoxy) is 5. The molecule has 7 atom stereocenters. The van der Waals surface area contributed by atoms with Crippen LogP contribution in [0.25, 0.3) is 0 Å². The predicted molar refractivity (Wildman–Crippen MR) is 204 cm³/mol. The standard InChI is InChI=1S/C45H68O11/c1-11-40(9,34(48)55-44-18-27-12-28(19-44)15-42(14-27,25-44)36(50)54-37(2,3)4)24-41(10,23-38(5,6)33(47)52-31-22-39(7,8)53-32(31)46)35(49)56-45-20-29-13-30(21-45)17-43(51,16-29)26-45/h27-31,51H,11-26H2,1-10H3. The maximum Gasteiger partial charge on any atom is 0.348 e. The summed E-state index contributed by atoms with van der Waals surface area (Å²) in [5.41, 5.74) is -8.34. The van der Waals surface area contributed by atoms with Crippen LogP contribution in [0.2, 0.25) is 0 Å². The van der Waals surface area contributed by atoms with E-state index in [0.29, 0.717) is 44.9 Å². The summed E-state index contributed by atoms with van der Waals surface area (Å²) in [7, 11) is 0. The Balaban J connectivity index is 1.15. The molecule has 0 aromatic heterocycles. The molecule has 9 fully saturated rings. The van der Waals surface area contributed by atoms with Gasteiger partial charge in [0.2, 0.25) is 6.10 Å². The number of carbonyl (C=O) groups excluding carboxylic acids is 5. The number of hydrogen-bond donors (Lipinski definition) is 1. The van der Waals surface area contributed by atoms with Crippen molar-refractivity contribution in [3.63, 3.8) is 0 Å². The minimum Gasteiger partial charge on any atom is -0.460 e. The molecule has 7 unspecified atom stereocenters. The second-order valence-corrected chi connectivity index (χ2v) is 23.1. The van der Waals surface area contributed by atoms with Crippen molar-refractivity contribution in [2.75, 3.05) is 0 Å². The first-order valence-electron chi connectivity index (χ1n) is 21.5. The molecule has 11 nitrogen and oxygen atoms in total. The summed E-state index contributed by atoms with van der Waals surface area (Å²) in [6.45, 7) is 18.1. The van der Waals surface area contributed by atoms with Gasteiger partial charge in [0, 0.05) is 19.3 Å². The van der Waals surface area contributed by atoms with Crippen LogP contribution in [0.15, 0.2) is 0 Å². The molecule has 1 aliphatic heterocycles. The first-order chi connectivity index (χ1) is 25.6. The highest BCUT2D eigenvalue weighted by Crippen LogP contribution is 2.64. The SMILES string of the molecule is CCC(C)(CC(C)(CC(C)(C)C(=O)OC1CC(C)(C)OC1=O)C(=O)OC12CC3CC(CC(O)(C3)C1)C2)C(=O)OC12CC3CC(C1)CC(C(=O)OC(C)(C)C)(C3)C2. The van der Waals surface area contributed by atoms with Gasteiger partial charge >= 0.3 is 29.8 Å². The molecule has 1 heterocycles. The molecule has 0 spiro atoms. The second kappa shape index (κ2) is 13.2. The Labute approximate surface area is 333 Å². The minimum absolute atomic E-state index is 0.0179. The van der Waals surface area contributed by atoms with Crippen molar-refractivity contribution in [2.45, 2.75) is 206 Å². The summed E-state index contributed by atoms with van der Waals surface area (Å²) >= 11 is 0. The molecule has 9 rings (SSSR count). The van der Waals surface area contributed by atoms with Crippen LogP contribution in [-0.2, 0) is 47.7 Å². The van der Waals surface area contributed by atoms with E-state index in [0.717, 1.165) is 38.5 Å². The molecule has 0 amide bonds. The van der Waals surface area contributed by atoms with Crippen LogP contribution in [0.3, 0.4) is 0 Å². The molecule has 8 bridgehead atoms. The van der Waals surface area contributed by atoms with Crippen molar-refractivity contribution in [1.82, 2.24) is 0 Å². The lowest BCUT2D eigenvalue weighted by atomic mass is 9.47. The number of hydrogen-bond acceptors (Lipinski definition) is 11. The lowest BCUT2D eigenvalue weighted by molar-refractivity contribution is -0.230. The molecular weight excluding hydrogens is 716 g/mol. The van der Waals surface area contributed by atoms with Crippen molar-refractivity contribution in [1.29, 1.82) is 0 Å². The van der Waals surface area contributed by atoms with Crippen molar-refractivity contribution >= 4 is 29.8 Å². The first kappa shape index (κ1) is 41.5. The fourth-order valence-electron chi connectivity index (χ4n) is 13.6. The van der Waals surface area contributed by atoms with Gasteiger partial charge in [-0.2, -0.15) is 0 Å². The van der Waals surface area contributed by atoms with Crippen molar-refractivity contribution in [3.8, 4) is 0 Å². The Morgan fingerprint density at radius 3 is 1.66 bits per heavy atom. The third-order valence-corrected chi connectivity index (χ3v) is 14.9. The molecule has 0 radical (unpaired) electrons. The van der Waals surface area contributed by atoms with Crippen LogP contribution in [0, 0.1) is 45.3 Å². The van der Waals surface area contributed by atoms with Gasteiger partial charge in [-0.05, 0) is 169 Å². The third-order valence-electron chi connectivity index (χ3n) is 14.9. The molecule has 314 valence electrons. The van der Waals surface area contributed by atoms with Crippen molar-refractivity contribution < 1.29 is 52.8 Å². The topological polar surface area (TPSA) is 152 Å². The van der Waals surface area contributed by atoms with Crippen molar-refractivity contribution in [3.05, 3.63) is 0 Å². The molecule has 0 aromatic carbocycles. The highest BCUT2D eigenvalue weighted by Gasteiger charge is 2.65. The number of rotatable bonds is 12. The lowest BCUT2D eigenvalue weighted by Crippen LogP contribution is -2.61. The van der Waals surface area contributed by atoms with Gasteiger partial charge in [0.15, 0.2) is 0 Å². The zero-order valence-corrected chi connectivity index (χ0v) is 35.7. The molecule has 11 heteroatoms. The third kappa shape index (κ3) is 7.77. The van der Waals surface area contributed by atoms with E-state index in [1.807, 2.05) is 34.6 Å². The first-order valence-corrected chi connectivity index (χ1v) is 21.5. The van der Waals surface area contributed by atoms with Gasteiger partial charge in [0.1, 0.15) is 22.4 Å². The molecule has 1 saturated heterocycles. The van der Waals surface area contributed by atoms with Crippen molar-refractivity contribution in [2.24, 2.45) is 45.3 Å². The maximum absolute atomic E-state index is 15.0. The number of cyclic esters (lactones) is 1. The second-order valence-electron chi connectivity index (χ2n) is 23.1. The van der Waals surface area contributed by atoms with Crippen LogP contribution < -0.4 is 0 Å². The van der Waals surface area contributed by atoms with Crippen LogP contribution in [-0.4, -0.2) is 69.1 Å². The summed E-state index contributed by atoms with van der Waals surface area (Å²) < 4.78 is 30.5. The van der Waals surface area contributed by atoms with E-state index in [9.17, 15) is 29.1 Å². The molecule has 8 saturated carbocycles. The van der Waals surface area contributed by atoms with E-state index in [-0.39, 0.29) is 48.9 Å². The van der Waals surface area contributed by atoms with E-state index < -0.39 is 79.6 Å². The summed E-state index contributed by atoms with van der Waals surface area (Å²) in [5.74, 6) is -1.28. The van der Waals surface area contributed by atoms with Gasteiger partial charge in [0.05, 0.1) is 27.3 Å². The quantitative estimate of drug-likeness (QED) is 0.153. The predicted octanol–water partition coefficient (Wildman–Crippen LogP) is 7.70. The lowest BCUT2D eigenvalue weighted by Gasteiger charge is -2.60. The highest BCUT2D eigenvalue weighted by molar-refractivity contribution is 5.85. The maximum atomic E-state index is 15.0. The Morgan fingerprint density at radius 2 is 1.20 bits per heavy atom. The fraction of sp³-hybridized carbons (Fsp3) is 0.889. The minimum atomic E-state index is -1.37. The Kier molecular flexibility index (Phi) is 9.74. The normalized spacial score (nSPS) is 40.0. The Hall–Kier alpha value is -2.69. The van der Waals surface area contributed by atoms with Crippen LogP contribution in [0.5, 0.6) is 0 Å². The summed E-state index contributed by atoms with van der Waals surface area (Å²) in [4.78, 5) is 70.1. The van der Waals surface area contributed by atoms with Gasteiger partial charge in [-0.25, -0.2) is 4.79 Å². The molecule has 0 aromatic rings. The monoisotopic (exact) mass is 784 g/mol. The highest BCUT2D eigenvalue weighted by atomic mass is 16.6. The summed E-state index contributed by atoms with van der Waals surface area (Å²) in [5, 5.41) is 11.5. The fourth-order valence-corrected chi connectivity index (χ4v) is 13.6. The summed E-state index contributed by atoms with van der Waals surface area (Å²) in [6, 6.07) is 0. The molecule has 56 heavy (non-hydrogen) atoms. The van der Waals surface area contributed by atoms with E-state index in [2.05, 4.69) is 0 Å². The largest absolute Gasteiger partial charge is 0.460 e. The Bertz CT molecular complexity index is 1620. The Morgan fingerprint density at radius 1 is 0.696 bits per heavy atom. The van der Waals surface area contributed by atoms with E-state index in [1.54, 1.807) is 34.6 Å². The average Bonchev–Trinajstić information content (AvgIpc) is 3.27. The average molecular weight is 785 g/mol. The van der Waals surface area contributed by atoms with Gasteiger partial charge in [0.25, 0.3) is 0 Å². The van der Waals surface area contributed by atoms with Gasteiger partial charge < -0.3 is 28.8 Å². The van der Waals surface area contributed by atoms with Gasteiger partial charge in [-0.1, -0.05) is 6.92 Å². The molecular formula is C45H68O11. The van der Waals surface area contributed by atoms with E-state index in [4.69, 9.17) is 23.7 Å². The number of esters is 5. The smallest absolute Gasteiger partial charge is 0.348 e. The molecule has 9 aliphatic rings. The zero-order chi connectivity index (χ0) is 41.1. The van der Waals surface area contributed by atoms with Crippen LogP contribution in [0.1, 0.15) is 172 Å². The molecule has 1 N–H and O–H groups in total. The molecule has 8 aliphatic carbocycles. The van der Waals surface area contributed by atoms with Crippen LogP contribution >= 0.6 is 0 Å².